The van der Waals surface area contributed by atoms with Crippen LogP contribution < -0.4 is 4.57 Å². The molecular formula is C19H23F3N2O4S. The number of ether oxygens (including phenoxy) is 1. The van der Waals surface area contributed by atoms with E-state index in [1.165, 1.54) is 0 Å². The number of benzene rings is 1. The molecule has 0 aliphatic rings. The summed E-state index contributed by atoms with van der Waals surface area (Å²) >= 11 is 0. The van der Waals surface area contributed by atoms with Gasteiger partial charge in [0.2, 0.25) is 0 Å². The fraction of sp³-hybridized carbons (Fsp3) is 0.368. The van der Waals surface area contributed by atoms with Gasteiger partial charge in [-0.2, -0.15) is 13.2 Å². The molecule has 1 heterocycles. The van der Waals surface area contributed by atoms with Crippen LogP contribution in [0.25, 0.3) is 0 Å². The third kappa shape index (κ3) is 8.30. The van der Waals surface area contributed by atoms with Crippen molar-refractivity contribution in [3.05, 3.63) is 66.5 Å². The van der Waals surface area contributed by atoms with Gasteiger partial charge in [-0.15, -0.1) is 0 Å². The van der Waals surface area contributed by atoms with Crippen LogP contribution in [0.4, 0.5) is 13.2 Å². The lowest BCUT2D eigenvalue weighted by Crippen LogP contribution is -2.44. The molecule has 0 saturated carbocycles. The third-order valence-corrected chi connectivity index (χ3v) is 4.24. The smallest absolute Gasteiger partial charge is 0.485 e. The van der Waals surface area contributed by atoms with Gasteiger partial charge in [0.15, 0.2) is 16.2 Å². The zero-order chi connectivity index (χ0) is 22.1. The normalized spacial score (nSPS) is 13.6. The first-order valence-electron chi connectivity index (χ1n) is 8.58. The molecule has 0 radical (unpaired) electrons. The van der Waals surface area contributed by atoms with Gasteiger partial charge in [-0.25, -0.2) is 13.0 Å². The van der Waals surface area contributed by atoms with Crippen LogP contribution in [0.2, 0.25) is 0 Å². The number of aliphatic imine (C=N–C) groups is 1. The van der Waals surface area contributed by atoms with Crippen LogP contribution in [0.5, 0.6) is 0 Å². The van der Waals surface area contributed by atoms with Gasteiger partial charge in [-0.1, -0.05) is 43.1 Å². The highest BCUT2D eigenvalue weighted by atomic mass is 32.2. The average Bonchev–Trinajstić information content (AvgIpc) is 2.65. The molecule has 0 unspecified atom stereocenters. The summed E-state index contributed by atoms with van der Waals surface area (Å²) < 4.78 is 66.3. The van der Waals surface area contributed by atoms with Crippen molar-refractivity contribution in [1.29, 1.82) is 0 Å². The van der Waals surface area contributed by atoms with Gasteiger partial charge >= 0.3 is 11.3 Å². The van der Waals surface area contributed by atoms with E-state index in [0.717, 1.165) is 11.4 Å². The van der Waals surface area contributed by atoms with Crippen molar-refractivity contribution >= 4 is 16.0 Å². The molecule has 1 atom stereocenters. The number of pyridine rings is 1. The molecule has 10 heteroatoms. The first kappa shape index (κ1) is 24.7. The zero-order valence-corrected chi connectivity index (χ0v) is 17.0. The van der Waals surface area contributed by atoms with Gasteiger partial charge in [0.1, 0.15) is 0 Å². The largest absolute Gasteiger partial charge is 0.741 e. The number of halogens is 3. The molecular weight excluding hydrogens is 409 g/mol. The summed E-state index contributed by atoms with van der Waals surface area (Å²) in [4.78, 5) is 4.96. The minimum atomic E-state index is -6.09. The monoisotopic (exact) mass is 432 g/mol. The van der Waals surface area contributed by atoms with E-state index in [0.29, 0.717) is 12.5 Å². The SMILES string of the molecule is COC[C@@H](N=C(c1ccccc1)[n+]1ccccc1)C(C)C.O=S(=O)([O-])C(F)(F)F. The topological polar surface area (TPSA) is 82.7 Å². The zero-order valence-electron chi connectivity index (χ0n) is 16.2. The molecule has 6 nitrogen and oxygen atoms in total. The highest BCUT2D eigenvalue weighted by Gasteiger charge is 2.36. The summed E-state index contributed by atoms with van der Waals surface area (Å²) in [6, 6.07) is 16.4. The molecule has 0 aliphatic heterocycles. The maximum absolute atomic E-state index is 10.7. The Morgan fingerprint density at radius 2 is 1.59 bits per heavy atom. The quantitative estimate of drug-likeness (QED) is 0.239. The second kappa shape index (κ2) is 11.0. The average molecular weight is 432 g/mol. The van der Waals surface area contributed by atoms with Crippen LogP contribution >= 0.6 is 0 Å². The first-order valence-corrected chi connectivity index (χ1v) is 9.99. The lowest BCUT2D eigenvalue weighted by molar-refractivity contribution is -0.554. The Bertz CT molecular complexity index is 830. The van der Waals surface area contributed by atoms with Crippen LogP contribution in [0.3, 0.4) is 0 Å². The number of methoxy groups -OCH3 is 1. The lowest BCUT2D eigenvalue weighted by atomic mass is 10.1. The highest BCUT2D eigenvalue weighted by molar-refractivity contribution is 7.86. The fourth-order valence-electron chi connectivity index (χ4n) is 2.12. The fourth-order valence-corrected chi connectivity index (χ4v) is 2.12. The second-order valence-electron chi connectivity index (χ2n) is 6.27. The molecule has 0 bridgehead atoms. The Morgan fingerprint density at radius 1 is 1.10 bits per heavy atom. The van der Waals surface area contributed by atoms with Crippen molar-refractivity contribution in [3.8, 4) is 0 Å². The van der Waals surface area contributed by atoms with Crippen molar-refractivity contribution in [1.82, 2.24) is 0 Å². The number of hydrogen-bond donors (Lipinski definition) is 0. The van der Waals surface area contributed by atoms with Crippen LogP contribution in [-0.2, 0) is 14.9 Å². The van der Waals surface area contributed by atoms with Gasteiger partial charge in [-0.05, 0) is 24.3 Å². The van der Waals surface area contributed by atoms with Gasteiger partial charge < -0.3 is 9.29 Å². The summed E-state index contributed by atoms with van der Waals surface area (Å²) in [6.07, 6.45) is 4.05. The van der Waals surface area contributed by atoms with E-state index in [1.54, 1.807) is 7.11 Å². The van der Waals surface area contributed by atoms with E-state index in [4.69, 9.17) is 22.7 Å². The van der Waals surface area contributed by atoms with Crippen molar-refractivity contribution in [3.63, 3.8) is 0 Å². The van der Waals surface area contributed by atoms with Crippen molar-refractivity contribution in [2.24, 2.45) is 10.9 Å². The number of alkyl halides is 3. The van der Waals surface area contributed by atoms with Crippen LogP contribution in [0.15, 0.2) is 65.9 Å². The Hall–Kier alpha value is -2.30. The second-order valence-corrected chi connectivity index (χ2v) is 7.64. The predicted octanol–water partition coefficient (Wildman–Crippen LogP) is 2.99. The number of rotatable bonds is 5. The number of aromatic nitrogens is 1. The lowest BCUT2D eigenvalue weighted by Gasteiger charge is -2.11. The molecule has 0 spiro atoms. The highest BCUT2D eigenvalue weighted by Crippen LogP contribution is 2.20. The molecule has 0 saturated heterocycles. The van der Waals surface area contributed by atoms with E-state index >= 15 is 0 Å². The van der Waals surface area contributed by atoms with E-state index in [-0.39, 0.29) is 6.04 Å². The molecule has 0 N–H and O–H groups in total. The van der Waals surface area contributed by atoms with E-state index in [9.17, 15) is 13.2 Å². The first-order chi connectivity index (χ1) is 13.5. The standard InChI is InChI=1S/C18H23N2O.CHF3O3S/c1-15(2)17(14-21-3)19-18(16-10-6-4-7-11-16)20-12-8-5-9-13-20;2-1(3,4)8(5,6)7/h4-13,15,17H,14H2,1-3H3;(H,5,6,7)/q+1;/p-1/t17-;/m1./s1. The van der Waals surface area contributed by atoms with Crippen LogP contribution in [-0.4, -0.2) is 44.1 Å². The van der Waals surface area contributed by atoms with Crippen molar-refractivity contribution in [2.75, 3.05) is 13.7 Å². The minimum absolute atomic E-state index is 0.137. The molecule has 0 aliphatic carbocycles. The molecule has 1 aromatic heterocycles. The van der Waals surface area contributed by atoms with Crippen LogP contribution in [0.1, 0.15) is 19.4 Å². The summed E-state index contributed by atoms with van der Waals surface area (Å²) in [7, 11) is -4.37. The molecule has 2 rings (SSSR count). The molecule has 1 aromatic carbocycles. The van der Waals surface area contributed by atoms with E-state index in [2.05, 4.69) is 30.5 Å². The Morgan fingerprint density at radius 3 is 2.00 bits per heavy atom. The number of nitrogens with zero attached hydrogens (tertiary/aromatic N) is 2. The maximum atomic E-state index is 10.7. The van der Waals surface area contributed by atoms with Gasteiger partial charge in [-0.3, -0.25) is 0 Å². The van der Waals surface area contributed by atoms with E-state index < -0.39 is 15.6 Å². The van der Waals surface area contributed by atoms with Gasteiger partial charge in [0, 0.05) is 13.0 Å². The third-order valence-electron chi connectivity index (χ3n) is 3.67. The maximum Gasteiger partial charge on any atom is 0.485 e. The van der Waals surface area contributed by atoms with Crippen LogP contribution in [0, 0.1) is 5.92 Å². The molecule has 2 aromatic rings. The molecule has 0 amide bonds. The van der Waals surface area contributed by atoms with Gasteiger partial charge in [0.25, 0.3) is 0 Å². The van der Waals surface area contributed by atoms with Crippen molar-refractivity contribution < 1.29 is 35.4 Å². The Kier molecular flexibility index (Phi) is 9.41. The Labute approximate surface area is 168 Å². The summed E-state index contributed by atoms with van der Waals surface area (Å²) in [6.45, 7) is 4.97. The molecule has 0 fully saturated rings. The summed E-state index contributed by atoms with van der Waals surface area (Å²) in [5.41, 5.74) is -4.54. The van der Waals surface area contributed by atoms with Gasteiger partial charge in [0.05, 0.1) is 24.6 Å². The predicted molar refractivity (Wildman–Crippen MR) is 101 cm³/mol. The number of hydrogen-bond acceptors (Lipinski definition) is 5. The Balaban J connectivity index is 0.000000447. The summed E-state index contributed by atoms with van der Waals surface area (Å²) in [5, 5.41) is 0. The molecule has 29 heavy (non-hydrogen) atoms. The van der Waals surface area contributed by atoms with E-state index in [1.807, 2.05) is 48.8 Å². The summed E-state index contributed by atoms with van der Waals surface area (Å²) in [5.74, 6) is 1.37. The molecule has 160 valence electrons. The van der Waals surface area contributed by atoms with Crippen molar-refractivity contribution in [2.45, 2.75) is 25.4 Å². The minimum Gasteiger partial charge on any atom is -0.741 e.